The van der Waals surface area contributed by atoms with E-state index in [1.807, 2.05) is 6.92 Å². The third-order valence-corrected chi connectivity index (χ3v) is 7.09. The minimum absolute atomic E-state index is 0.0818. The molecule has 2 N–H and O–H groups in total. The van der Waals surface area contributed by atoms with Crippen molar-refractivity contribution < 1.29 is 8.42 Å². The molecule has 0 saturated carbocycles. The van der Waals surface area contributed by atoms with Crippen molar-refractivity contribution in [3.8, 4) is 0 Å². The zero-order valence-electron chi connectivity index (χ0n) is 9.52. The van der Waals surface area contributed by atoms with Gasteiger partial charge in [-0.3, -0.25) is 0 Å². The number of halogens is 1. The highest BCUT2D eigenvalue weighted by Gasteiger charge is 2.39. The lowest BCUT2D eigenvalue weighted by Crippen LogP contribution is -2.34. The molecule has 1 aliphatic rings. The lowest BCUT2D eigenvalue weighted by Gasteiger charge is -2.21. The van der Waals surface area contributed by atoms with Gasteiger partial charge in [-0.2, -0.15) is 4.31 Å². The number of nitrogens with two attached hydrogens (primary N) is 1. The predicted octanol–water partition coefficient (Wildman–Crippen LogP) is 1.87. The molecule has 0 amide bonds. The Bertz CT molecular complexity index is 514. The quantitative estimate of drug-likeness (QED) is 0.914. The molecule has 0 aromatic carbocycles. The van der Waals surface area contributed by atoms with Gasteiger partial charge in [0.25, 0.3) is 10.0 Å². The van der Waals surface area contributed by atoms with Crippen LogP contribution in [0.3, 0.4) is 0 Å². The molecule has 0 spiro atoms. The van der Waals surface area contributed by atoms with E-state index in [2.05, 4.69) is 15.9 Å². The molecule has 1 aliphatic heterocycles. The molecular formula is C10H15BrN2O2S2. The van der Waals surface area contributed by atoms with Gasteiger partial charge in [-0.05, 0) is 46.4 Å². The van der Waals surface area contributed by atoms with Gasteiger partial charge in [-0.1, -0.05) is 6.92 Å². The molecule has 96 valence electrons. The minimum atomic E-state index is -3.33. The summed E-state index contributed by atoms with van der Waals surface area (Å²) in [6.07, 6.45) is 0.829. The Kier molecular flexibility index (Phi) is 3.66. The second kappa shape index (κ2) is 4.62. The Morgan fingerprint density at radius 2 is 2.29 bits per heavy atom. The van der Waals surface area contributed by atoms with Gasteiger partial charge in [0.15, 0.2) is 0 Å². The largest absolute Gasteiger partial charge is 0.330 e. The van der Waals surface area contributed by atoms with Gasteiger partial charge in [0.2, 0.25) is 0 Å². The summed E-state index contributed by atoms with van der Waals surface area (Å²) in [4.78, 5) is 0. The molecule has 1 aromatic rings. The number of thiophene rings is 1. The zero-order chi connectivity index (χ0) is 12.7. The SMILES string of the molecule is CC1(CN)CCN(S(=O)(=O)c2ccc(Br)s2)C1. The van der Waals surface area contributed by atoms with Gasteiger partial charge >= 0.3 is 0 Å². The fraction of sp³-hybridized carbons (Fsp3) is 0.600. The van der Waals surface area contributed by atoms with Crippen LogP contribution in [0.2, 0.25) is 0 Å². The molecule has 0 radical (unpaired) electrons. The fourth-order valence-electron chi connectivity index (χ4n) is 1.91. The van der Waals surface area contributed by atoms with Crippen molar-refractivity contribution in [2.24, 2.45) is 11.1 Å². The van der Waals surface area contributed by atoms with Gasteiger partial charge in [0.1, 0.15) is 4.21 Å². The van der Waals surface area contributed by atoms with Crippen LogP contribution in [0, 0.1) is 5.41 Å². The van der Waals surface area contributed by atoms with Gasteiger partial charge in [0, 0.05) is 13.1 Å². The summed E-state index contributed by atoms with van der Waals surface area (Å²) in [5, 5.41) is 0. The van der Waals surface area contributed by atoms with Gasteiger partial charge in [-0.15, -0.1) is 11.3 Å². The molecule has 4 nitrogen and oxygen atoms in total. The van der Waals surface area contributed by atoms with E-state index in [1.54, 1.807) is 12.1 Å². The first-order chi connectivity index (χ1) is 7.87. The van der Waals surface area contributed by atoms with Crippen LogP contribution < -0.4 is 5.73 Å². The molecule has 0 aliphatic carbocycles. The molecule has 1 aromatic heterocycles. The maximum absolute atomic E-state index is 12.3. The van der Waals surface area contributed by atoms with Crippen molar-refractivity contribution in [1.29, 1.82) is 0 Å². The molecule has 0 bridgehead atoms. The summed E-state index contributed by atoms with van der Waals surface area (Å²) in [7, 11) is -3.33. The van der Waals surface area contributed by atoms with Crippen molar-refractivity contribution in [3.63, 3.8) is 0 Å². The van der Waals surface area contributed by atoms with Crippen LogP contribution >= 0.6 is 27.3 Å². The fourth-order valence-corrected chi connectivity index (χ4v) is 5.67. The van der Waals surface area contributed by atoms with Crippen LogP contribution in [-0.4, -0.2) is 32.4 Å². The van der Waals surface area contributed by atoms with E-state index in [4.69, 9.17) is 5.73 Å². The van der Waals surface area contributed by atoms with Crippen LogP contribution in [0.15, 0.2) is 20.1 Å². The number of nitrogens with zero attached hydrogens (tertiary/aromatic N) is 1. The molecule has 2 heterocycles. The van der Waals surface area contributed by atoms with E-state index in [0.717, 1.165) is 10.2 Å². The molecule has 1 fully saturated rings. The molecule has 1 unspecified atom stereocenters. The Morgan fingerprint density at radius 1 is 1.59 bits per heavy atom. The molecule has 2 rings (SSSR count). The van der Waals surface area contributed by atoms with Crippen molar-refractivity contribution >= 4 is 37.3 Å². The zero-order valence-corrected chi connectivity index (χ0v) is 12.7. The van der Waals surface area contributed by atoms with Crippen molar-refractivity contribution in [2.45, 2.75) is 17.6 Å². The van der Waals surface area contributed by atoms with Crippen molar-refractivity contribution in [1.82, 2.24) is 4.31 Å². The Hall–Kier alpha value is 0.0500. The summed E-state index contributed by atoms with van der Waals surface area (Å²) < 4.78 is 27.4. The number of rotatable bonds is 3. The summed E-state index contributed by atoms with van der Waals surface area (Å²) >= 11 is 4.53. The molecule has 1 saturated heterocycles. The van der Waals surface area contributed by atoms with Crippen LogP contribution in [0.4, 0.5) is 0 Å². The lowest BCUT2D eigenvalue weighted by molar-refractivity contribution is 0.350. The number of hydrogen-bond acceptors (Lipinski definition) is 4. The minimum Gasteiger partial charge on any atom is -0.330 e. The molecular weight excluding hydrogens is 324 g/mol. The van der Waals surface area contributed by atoms with Gasteiger partial charge < -0.3 is 5.73 Å². The normalized spacial score (nSPS) is 26.5. The highest BCUT2D eigenvalue weighted by molar-refractivity contribution is 9.11. The van der Waals surface area contributed by atoms with Crippen LogP contribution in [0.25, 0.3) is 0 Å². The monoisotopic (exact) mass is 338 g/mol. The first-order valence-corrected chi connectivity index (χ1v) is 8.38. The topological polar surface area (TPSA) is 63.4 Å². The van der Waals surface area contributed by atoms with E-state index in [1.165, 1.54) is 15.6 Å². The van der Waals surface area contributed by atoms with E-state index in [0.29, 0.717) is 23.8 Å². The smallest absolute Gasteiger partial charge is 0.252 e. The van der Waals surface area contributed by atoms with Crippen LogP contribution in [-0.2, 0) is 10.0 Å². The van der Waals surface area contributed by atoms with Crippen LogP contribution in [0.5, 0.6) is 0 Å². The molecule has 1 atom stereocenters. The summed E-state index contributed by atoms with van der Waals surface area (Å²) in [6, 6.07) is 3.40. The first-order valence-electron chi connectivity index (χ1n) is 5.33. The van der Waals surface area contributed by atoms with Gasteiger partial charge in [0.05, 0.1) is 3.79 Å². The maximum Gasteiger partial charge on any atom is 0.252 e. The lowest BCUT2D eigenvalue weighted by atomic mass is 9.90. The standard InChI is InChI=1S/C10H15BrN2O2S2/c1-10(6-12)4-5-13(7-10)17(14,15)9-3-2-8(11)16-9/h2-3H,4-7,12H2,1H3. The maximum atomic E-state index is 12.3. The molecule has 17 heavy (non-hydrogen) atoms. The summed E-state index contributed by atoms with van der Waals surface area (Å²) in [5.74, 6) is 0. The van der Waals surface area contributed by atoms with E-state index >= 15 is 0 Å². The highest BCUT2D eigenvalue weighted by atomic mass is 79.9. The second-order valence-electron chi connectivity index (χ2n) is 4.66. The third-order valence-electron chi connectivity index (χ3n) is 3.16. The van der Waals surface area contributed by atoms with Gasteiger partial charge in [-0.25, -0.2) is 8.42 Å². The van der Waals surface area contributed by atoms with Crippen molar-refractivity contribution in [2.75, 3.05) is 19.6 Å². The Labute approximate surface area is 114 Å². The average molecular weight is 339 g/mol. The van der Waals surface area contributed by atoms with E-state index in [-0.39, 0.29) is 5.41 Å². The second-order valence-corrected chi connectivity index (χ2v) is 9.29. The summed E-state index contributed by atoms with van der Waals surface area (Å²) in [6.45, 7) is 3.63. The Morgan fingerprint density at radius 3 is 2.76 bits per heavy atom. The van der Waals surface area contributed by atoms with Crippen molar-refractivity contribution in [3.05, 3.63) is 15.9 Å². The summed E-state index contributed by atoms with van der Waals surface area (Å²) in [5.41, 5.74) is 5.61. The van der Waals surface area contributed by atoms with E-state index < -0.39 is 10.0 Å². The number of hydrogen-bond donors (Lipinski definition) is 1. The van der Waals surface area contributed by atoms with E-state index in [9.17, 15) is 8.42 Å². The predicted molar refractivity (Wildman–Crippen MR) is 72.6 cm³/mol. The highest BCUT2D eigenvalue weighted by Crippen LogP contribution is 2.35. The first kappa shape index (κ1) is 13.5. The average Bonchev–Trinajstić information content (AvgIpc) is 2.86. The molecule has 7 heteroatoms. The Balaban J connectivity index is 2.24. The number of sulfonamides is 1. The van der Waals surface area contributed by atoms with Crippen LogP contribution in [0.1, 0.15) is 13.3 Å². The third kappa shape index (κ3) is 2.58.